The number of esters is 1. The first-order chi connectivity index (χ1) is 21.3. The molecule has 0 radical (unpaired) electrons. The zero-order valence-electron chi connectivity index (χ0n) is 27.9. The third-order valence-electron chi connectivity index (χ3n) is 5.99. The van der Waals surface area contributed by atoms with Gasteiger partial charge in [-0.3, -0.25) is 18.5 Å². The van der Waals surface area contributed by atoms with Gasteiger partial charge in [-0.1, -0.05) is 23.2 Å². The predicted molar refractivity (Wildman–Crippen MR) is 179 cm³/mol. The maximum Gasteiger partial charge on any atom is 0.419 e. The molecule has 0 fully saturated rings. The lowest BCUT2D eigenvalue weighted by atomic mass is 10.1. The first-order valence-electron chi connectivity index (χ1n) is 14.4. The summed E-state index contributed by atoms with van der Waals surface area (Å²) in [4.78, 5) is 53.2. The summed E-state index contributed by atoms with van der Waals surface area (Å²) in [6.07, 6.45) is -0.622. The number of hydrogen-bond donors (Lipinski definition) is 0. The summed E-state index contributed by atoms with van der Waals surface area (Å²) >= 11 is 12.2. The largest absolute Gasteiger partial charge is 0.459 e. The Hall–Kier alpha value is -3.81. The van der Waals surface area contributed by atoms with E-state index >= 15 is 0 Å². The average Bonchev–Trinajstić information content (AvgIpc) is 3.26. The number of benzene rings is 2. The second kappa shape index (κ2) is 13.4. The SMILES string of the molecule is CN(C(=O)OC(C)(C)C)C(=O)c1cn(C(=O)OC(C)(C)C)c2cc(N(CC(=O)OC(C)(C)C)S(=O)(=O)c3cc(Cl)cc(Cl)c3)ccc12. The number of amides is 2. The van der Waals surface area contributed by atoms with E-state index in [-0.39, 0.29) is 37.1 Å². The first-order valence-corrected chi connectivity index (χ1v) is 16.6. The number of aromatic nitrogens is 1. The van der Waals surface area contributed by atoms with E-state index in [2.05, 4.69) is 0 Å². The van der Waals surface area contributed by atoms with Crippen molar-refractivity contribution in [1.82, 2.24) is 9.47 Å². The lowest BCUT2D eigenvalue weighted by Crippen LogP contribution is -2.39. The molecule has 47 heavy (non-hydrogen) atoms. The number of imide groups is 1. The zero-order valence-corrected chi connectivity index (χ0v) is 30.3. The number of rotatable bonds is 6. The van der Waals surface area contributed by atoms with Gasteiger partial charge in [-0.15, -0.1) is 0 Å². The predicted octanol–water partition coefficient (Wildman–Crippen LogP) is 7.28. The van der Waals surface area contributed by atoms with Crippen molar-refractivity contribution < 1.29 is 41.8 Å². The molecular weight excluding hydrogens is 673 g/mol. The Bertz CT molecular complexity index is 1810. The van der Waals surface area contributed by atoms with Crippen molar-refractivity contribution in [2.75, 3.05) is 17.9 Å². The lowest BCUT2D eigenvalue weighted by Gasteiger charge is -2.27. The van der Waals surface area contributed by atoms with Gasteiger partial charge in [0.05, 0.1) is 21.7 Å². The monoisotopic (exact) mass is 711 g/mol. The number of halogens is 2. The highest BCUT2D eigenvalue weighted by molar-refractivity contribution is 7.92. The highest BCUT2D eigenvalue weighted by Crippen LogP contribution is 2.33. The van der Waals surface area contributed by atoms with E-state index in [0.717, 1.165) is 13.8 Å². The van der Waals surface area contributed by atoms with Crippen molar-refractivity contribution in [2.45, 2.75) is 84.0 Å². The molecule has 0 N–H and O–H groups in total. The minimum Gasteiger partial charge on any atom is -0.459 e. The third-order valence-corrected chi connectivity index (χ3v) is 8.17. The van der Waals surface area contributed by atoms with E-state index in [0.29, 0.717) is 0 Å². The minimum atomic E-state index is -4.53. The molecule has 3 rings (SSSR count). The maximum absolute atomic E-state index is 14.1. The molecule has 0 aliphatic heterocycles. The standard InChI is InChI=1S/C32H39Cl2N3O9S/c1-30(2,3)44-26(38)18-37(47(42,43)22-14-19(33)13-20(34)15-22)21-11-12-23-24(27(39)35(10)28(40)45-31(4,5)6)17-36(25(23)16-21)29(41)46-32(7,8)9/h11-17H,18H2,1-10H3. The molecule has 0 spiro atoms. The number of carbonyl (C=O) groups is 4. The van der Waals surface area contributed by atoms with Crippen LogP contribution in [0.4, 0.5) is 15.3 Å². The highest BCUT2D eigenvalue weighted by Gasteiger charge is 2.33. The summed E-state index contributed by atoms with van der Waals surface area (Å²) < 4.78 is 46.2. The van der Waals surface area contributed by atoms with Gasteiger partial charge < -0.3 is 14.2 Å². The Morgan fingerprint density at radius 1 is 0.787 bits per heavy atom. The molecule has 0 unspecified atom stereocenters. The summed E-state index contributed by atoms with van der Waals surface area (Å²) in [5.74, 6) is -1.67. The van der Waals surface area contributed by atoms with Crippen LogP contribution >= 0.6 is 23.2 Å². The van der Waals surface area contributed by atoms with Crippen LogP contribution in [-0.4, -0.2) is 72.3 Å². The quantitative estimate of drug-likeness (QED) is 0.190. The summed E-state index contributed by atoms with van der Waals surface area (Å²) in [7, 11) is -3.30. The Morgan fingerprint density at radius 2 is 1.32 bits per heavy atom. The summed E-state index contributed by atoms with van der Waals surface area (Å²) in [6.45, 7) is 14.0. The third kappa shape index (κ3) is 9.61. The molecule has 0 bridgehead atoms. The van der Waals surface area contributed by atoms with Gasteiger partial charge in [0.1, 0.15) is 23.3 Å². The van der Waals surface area contributed by atoms with Crippen LogP contribution in [0.5, 0.6) is 0 Å². The molecule has 0 aliphatic carbocycles. The van der Waals surface area contributed by atoms with Crippen LogP contribution in [0.15, 0.2) is 47.5 Å². The number of anilines is 1. The number of nitrogens with zero attached hydrogens (tertiary/aromatic N) is 3. The Labute approximate surface area is 284 Å². The van der Waals surface area contributed by atoms with E-state index in [4.69, 9.17) is 37.4 Å². The number of ether oxygens (including phenoxy) is 3. The average molecular weight is 713 g/mol. The Kier molecular flexibility index (Phi) is 10.7. The van der Waals surface area contributed by atoms with Crippen LogP contribution < -0.4 is 4.31 Å². The van der Waals surface area contributed by atoms with Crippen molar-refractivity contribution in [2.24, 2.45) is 0 Å². The van der Waals surface area contributed by atoms with Crippen molar-refractivity contribution >= 4 is 73.9 Å². The molecular formula is C32H39Cl2N3O9S. The maximum atomic E-state index is 14.1. The molecule has 0 atom stereocenters. The Balaban J connectivity index is 2.28. The van der Waals surface area contributed by atoms with Gasteiger partial charge in [-0.2, -0.15) is 0 Å². The van der Waals surface area contributed by atoms with Crippen molar-refractivity contribution in [3.05, 3.63) is 58.2 Å². The normalized spacial score (nSPS) is 12.4. The van der Waals surface area contributed by atoms with Gasteiger partial charge in [0, 0.05) is 28.7 Å². The second-order valence-electron chi connectivity index (χ2n) is 13.6. The van der Waals surface area contributed by atoms with Gasteiger partial charge in [0.25, 0.3) is 15.9 Å². The molecule has 1 heterocycles. The molecule has 0 saturated carbocycles. The fourth-order valence-electron chi connectivity index (χ4n) is 4.21. The van der Waals surface area contributed by atoms with E-state index in [9.17, 15) is 27.6 Å². The van der Waals surface area contributed by atoms with Crippen LogP contribution in [0, 0.1) is 0 Å². The molecule has 3 aromatic rings. The van der Waals surface area contributed by atoms with Gasteiger partial charge in [0.15, 0.2) is 0 Å². The van der Waals surface area contributed by atoms with E-state index in [1.807, 2.05) is 0 Å². The zero-order chi connectivity index (χ0) is 35.9. The molecule has 0 aliphatic rings. The van der Waals surface area contributed by atoms with Crippen molar-refractivity contribution in [3.63, 3.8) is 0 Å². The fourth-order valence-corrected chi connectivity index (χ4v) is 6.34. The molecule has 2 amide bonds. The van der Waals surface area contributed by atoms with Crippen molar-refractivity contribution in [1.29, 1.82) is 0 Å². The number of carbonyl (C=O) groups excluding carboxylic acids is 4. The van der Waals surface area contributed by atoms with Gasteiger partial charge in [0.2, 0.25) is 0 Å². The summed E-state index contributed by atoms with van der Waals surface area (Å²) in [6, 6.07) is 7.75. The molecule has 0 saturated heterocycles. The first kappa shape index (κ1) is 37.6. The van der Waals surface area contributed by atoms with Crippen LogP contribution in [0.3, 0.4) is 0 Å². The van der Waals surface area contributed by atoms with E-state index < -0.39 is 57.4 Å². The van der Waals surface area contributed by atoms with Crippen LogP contribution in [-0.2, 0) is 29.0 Å². The van der Waals surface area contributed by atoms with E-state index in [1.165, 1.54) is 49.6 Å². The van der Waals surface area contributed by atoms with Gasteiger partial charge in [-0.05, 0) is 98.7 Å². The topological polar surface area (TPSA) is 142 Å². The van der Waals surface area contributed by atoms with Gasteiger partial charge >= 0.3 is 18.2 Å². The number of sulfonamides is 1. The van der Waals surface area contributed by atoms with Gasteiger partial charge in [-0.25, -0.2) is 22.9 Å². The van der Waals surface area contributed by atoms with Crippen molar-refractivity contribution in [3.8, 4) is 0 Å². The van der Waals surface area contributed by atoms with Crippen LogP contribution in [0.25, 0.3) is 10.9 Å². The Morgan fingerprint density at radius 3 is 1.83 bits per heavy atom. The number of fused-ring (bicyclic) bond motifs is 1. The summed E-state index contributed by atoms with van der Waals surface area (Å²) in [5.41, 5.74) is -2.86. The lowest BCUT2D eigenvalue weighted by molar-refractivity contribution is -0.152. The molecule has 12 nitrogen and oxygen atoms in total. The summed E-state index contributed by atoms with van der Waals surface area (Å²) in [5, 5.41) is 0.264. The van der Waals surface area contributed by atoms with E-state index in [1.54, 1.807) is 62.3 Å². The highest BCUT2D eigenvalue weighted by atomic mass is 35.5. The number of hydrogen-bond acceptors (Lipinski definition) is 9. The minimum absolute atomic E-state index is 0.0415. The second-order valence-corrected chi connectivity index (χ2v) is 16.4. The fraction of sp³-hybridized carbons (Fsp3) is 0.438. The molecule has 15 heteroatoms. The van der Waals surface area contributed by atoms with Crippen LogP contribution in [0.1, 0.15) is 72.7 Å². The smallest absolute Gasteiger partial charge is 0.419 e. The molecule has 2 aromatic carbocycles. The molecule has 256 valence electrons. The molecule has 1 aromatic heterocycles. The van der Waals surface area contributed by atoms with Crippen LogP contribution in [0.2, 0.25) is 10.0 Å².